The molecule has 0 amide bonds. The first-order valence-corrected chi connectivity index (χ1v) is 5.50. The largest absolute Gasteiger partial charge is 0.394 e. The predicted octanol–water partition coefficient (Wildman–Crippen LogP) is 1.20. The van der Waals surface area contributed by atoms with E-state index in [1.807, 2.05) is 6.07 Å². The van der Waals surface area contributed by atoms with Gasteiger partial charge in [-0.2, -0.15) is 10.2 Å². The molecule has 1 saturated heterocycles. The molecule has 1 aliphatic rings. The van der Waals surface area contributed by atoms with Crippen molar-refractivity contribution < 1.29 is 7.86 Å². The molecule has 0 aromatic carbocycles. The van der Waals surface area contributed by atoms with E-state index in [0.29, 0.717) is 12.3 Å². The highest BCUT2D eigenvalue weighted by Gasteiger charge is 2.29. The van der Waals surface area contributed by atoms with Crippen molar-refractivity contribution in [3.8, 4) is 0 Å². The first-order chi connectivity index (χ1) is 7.29. The van der Waals surface area contributed by atoms with Crippen molar-refractivity contribution in [3.05, 3.63) is 18.5 Å². The molecule has 1 aromatic heterocycles. The van der Waals surface area contributed by atoms with Crippen LogP contribution >= 0.6 is 23.0 Å². The summed E-state index contributed by atoms with van der Waals surface area (Å²) in [7, 11) is 0. The van der Waals surface area contributed by atoms with E-state index in [9.17, 15) is 4.79 Å². The van der Waals surface area contributed by atoms with Crippen molar-refractivity contribution in [2.45, 2.75) is 6.42 Å². The number of anilines is 1. The third kappa shape index (κ3) is 2.55. The zero-order chi connectivity index (χ0) is 10.7. The Morgan fingerprint density at radius 3 is 3.00 bits per heavy atom. The van der Waals surface area contributed by atoms with Crippen LogP contribution in [0, 0.1) is 5.92 Å². The summed E-state index contributed by atoms with van der Waals surface area (Å²) in [6.45, 7) is 1.77. The molecule has 1 fully saturated rings. The molecule has 0 saturated carbocycles. The number of nitrogens with zero attached hydrogens (tertiary/aromatic N) is 3. The standard InChI is InChI=1S/C9H10IN3O2/c10-15-9(14)3-7-5-13(6-7)8-1-2-11-12-4-8/h1-2,4,7H,3,5-6H2. The van der Waals surface area contributed by atoms with Gasteiger partial charge in [0.05, 0.1) is 24.5 Å². The zero-order valence-corrected chi connectivity index (χ0v) is 10.1. The van der Waals surface area contributed by atoms with Gasteiger partial charge < -0.3 is 7.97 Å². The maximum Gasteiger partial charge on any atom is 0.315 e. The van der Waals surface area contributed by atoms with Gasteiger partial charge in [0, 0.05) is 19.0 Å². The van der Waals surface area contributed by atoms with Gasteiger partial charge in [-0.3, -0.25) is 4.79 Å². The second kappa shape index (κ2) is 4.73. The van der Waals surface area contributed by atoms with E-state index in [1.54, 1.807) is 35.4 Å². The summed E-state index contributed by atoms with van der Waals surface area (Å²) in [4.78, 5) is 13.2. The number of halogens is 1. The van der Waals surface area contributed by atoms with Crippen molar-refractivity contribution in [2.24, 2.45) is 5.92 Å². The average molecular weight is 319 g/mol. The average Bonchev–Trinajstić information content (AvgIpc) is 2.23. The summed E-state index contributed by atoms with van der Waals surface area (Å²) in [5.74, 6) is 0.258. The Morgan fingerprint density at radius 2 is 2.40 bits per heavy atom. The van der Waals surface area contributed by atoms with Gasteiger partial charge in [-0.1, -0.05) is 0 Å². The molecular weight excluding hydrogens is 309 g/mol. The van der Waals surface area contributed by atoms with E-state index >= 15 is 0 Å². The molecule has 0 bridgehead atoms. The molecule has 5 nitrogen and oxygen atoms in total. The lowest BCUT2D eigenvalue weighted by atomic mass is 9.96. The highest BCUT2D eigenvalue weighted by atomic mass is 127. The van der Waals surface area contributed by atoms with E-state index in [-0.39, 0.29) is 5.97 Å². The van der Waals surface area contributed by atoms with Crippen molar-refractivity contribution in [3.63, 3.8) is 0 Å². The Kier molecular flexibility index (Phi) is 3.34. The van der Waals surface area contributed by atoms with Gasteiger partial charge in [0.15, 0.2) is 23.0 Å². The van der Waals surface area contributed by atoms with Gasteiger partial charge in [-0.15, -0.1) is 0 Å². The molecule has 2 rings (SSSR count). The second-order valence-corrected chi connectivity index (χ2v) is 3.97. The van der Waals surface area contributed by atoms with Crippen molar-refractivity contribution in [2.75, 3.05) is 18.0 Å². The highest BCUT2D eigenvalue weighted by Crippen LogP contribution is 2.25. The number of carbonyl (C=O) groups is 1. The maximum absolute atomic E-state index is 11.0. The highest BCUT2D eigenvalue weighted by molar-refractivity contribution is 14.1. The normalized spacial score (nSPS) is 15.9. The van der Waals surface area contributed by atoms with Crippen LogP contribution in [0.25, 0.3) is 0 Å². The van der Waals surface area contributed by atoms with E-state index in [4.69, 9.17) is 0 Å². The fraction of sp³-hybridized carbons (Fsp3) is 0.444. The van der Waals surface area contributed by atoms with Crippen LogP contribution in [0.15, 0.2) is 18.5 Å². The number of rotatable bonds is 3. The number of carbonyl (C=O) groups excluding carboxylic acids is 1. The van der Waals surface area contributed by atoms with E-state index in [0.717, 1.165) is 18.8 Å². The SMILES string of the molecule is O=C(CC1CN(c2ccnnc2)C1)OI. The van der Waals surface area contributed by atoms with Gasteiger partial charge >= 0.3 is 5.97 Å². The molecule has 0 radical (unpaired) electrons. The van der Waals surface area contributed by atoms with Gasteiger partial charge in [0.2, 0.25) is 0 Å². The molecule has 80 valence electrons. The lowest BCUT2D eigenvalue weighted by Gasteiger charge is -2.40. The Bertz CT molecular complexity index is 340. The van der Waals surface area contributed by atoms with Crippen LogP contribution in [0.4, 0.5) is 5.69 Å². The molecule has 0 aliphatic carbocycles. The van der Waals surface area contributed by atoms with E-state index < -0.39 is 0 Å². The van der Waals surface area contributed by atoms with Crippen molar-refractivity contribution in [1.29, 1.82) is 0 Å². The minimum atomic E-state index is -0.145. The van der Waals surface area contributed by atoms with Crippen molar-refractivity contribution in [1.82, 2.24) is 10.2 Å². The van der Waals surface area contributed by atoms with Crippen LogP contribution in [0.1, 0.15) is 6.42 Å². The molecular formula is C9H10IN3O2. The Balaban J connectivity index is 1.81. The molecule has 15 heavy (non-hydrogen) atoms. The van der Waals surface area contributed by atoms with Crippen LogP contribution in [0.2, 0.25) is 0 Å². The van der Waals surface area contributed by atoms with Gasteiger partial charge in [0.25, 0.3) is 0 Å². The molecule has 1 aliphatic heterocycles. The predicted molar refractivity (Wildman–Crippen MR) is 62.5 cm³/mol. The number of hydrogen-bond donors (Lipinski definition) is 0. The van der Waals surface area contributed by atoms with Gasteiger partial charge in [0.1, 0.15) is 0 Å². The minimum absolute atomic E-state index is 0.145. The number of aromatic nitrogens is 2. The minimum Gasteiger partial charge on any atom is -0.394 e. The van der Waals surface area contributed by atoms with Crippen molar-refractivity contribution >= 4 is 34.7 Å². The molecule has 0 unspecified atom stereocenters. The molecule has 0 atom stereocenters. The second-order valence-electron chi connectivity index (χ2n) is 3.52. The number of hydrogen-bond acceptors (Lipinski definition) is 5. The first-order valence-electron chi connectivity index (χ1n) is 4.62. The maximum atomic E-state index is 11.0. The fourth-order valence-corrected chi connectivity index (χ4v) is 1.83. The fourth-order valence-electron chi connectivity index (χ4n) is 1.65. The van der Waals surface area contributed by atoms with Gasteiger partial charge in [-0.25, -0.2) is 0 Å². The first kappa shape index (κ1) is 10.6. The lowest BCUT2D eigenvalue weighted by Crippen LogP contribution is -2.47. The zero-order valence-electron chi connectivity index (χ0n) is 7.97. The third-order valence-corrected chi connectivity index (χ3v) is 2.92. The van der Waals surface area contributed by atoms with Crippen LogP contribution in [0.5, 0.6) is 0 Å². The molecule has 1 aromatic rings. The lowest BCUT2D eigenvalue weighted by molar-refractivity contribution is -0.132. The molecule has 0 spiro atoms. The Labute approximate surface area is 102 Å². The third-order valence-electron chi connectivity index (χ3n) is 2.43. The smallest absolute Gasteiger partial charge is 0.315 e. The summed E-state index contributed by atoms with van der Waals surface area (Å²) in [5, 5.41) is 7.52. The van der Waals surface area contributed by atoms with Gasteiger partial charge in [-0.05, 0) is 6.07 Å². The van der Waals surface area contributed by atoms with Crippen LogP contribution < -0.4 is 4.90 Å². The molecule has 6 heteroatoms. The van der Waals surface area contributed by atoms with Crippen LogP contribution in [-0.4, -0.2) is 29.3 Å². The van der Waals surface area contributed by atoms with E-state index in [1.165, 1.54) is 0 Å². The van der Waals surface area contributed by atoms with E-state index in [2.05, 4.69) is 18.2 Å². The monoisotopic (exact) mass is 319 g/mol. The summed E-state index contributed by atoms with van der Waals surface area (Å²) in [6.07, 6.45) is 3.90. The topological polar surface area (TPSA) is 55.3 Å². The van der Waals surface area contributed by atoms with Crippen LogP contribution in [0.3, 0.4) is 0 Å². The summed E-state index contributed by atoms with van der Waals surface area (Å²) < 4.78 is 4.59. The Morgan fingerprint density at radius 1 is 1.60 bits per heavy atom. The quantitative estimate of drug-likeness (QED) is 0.784. The summed E-state index contributed by atoms with van der Waals surface area (Å²) in [5.41, 5.74) is 1.06. The Hall–Kier alpha value is -0.920. The summed E-state index contributed by atoms with van der Waals surface area (Å²) >= 11 is 1.62. The molecule has 0 N–H and O–H groups in total. The molecule has 2 heterocycles. The van der Waals surface area contributed by atoms with Crippen LogP contribution in [-0.2, 0) is 7.86 Å². The summed E-state index contributed by atoms with van der Waals surface area (Å²) in [6, 6.07) is 1.92.